The highest BCUT2D eigenvalue weighted by molar-refractivity contribution is 8.02. The molecule has 0 aromatic heterocycles. The minimum atomic E-state index is -0.834. The summed E-state index contributed by atoms with van der Waals surface area (Å²) in [5, 5.41) is 10.6. The monoisotopic (exact) mass is 629 g/mol. The first-order chi connectivity index (χ1) is 21.5. The summed E-state index contributed by atoms with van der Waals surface area (Å²) in [5.74, 6) is -1.76. The minimum absolute atomic E-state index is 0.0159. The van der Waals surface area contributed by atoms with E-state index in [1.54, 1.807) is 38.6 Å². The number of aryl methyl sites for hydroxylation is 2. The highest BCUT2D eigenvalue weighted by atomic mass is 32.2. The zero-order valence-electron chi connectivity index (χ0n) is 27.2. The first kappa shape index (κ1) is 33.0. The van der Waals surface area contributed by atoms with E-state index in [9.17, 15) is 14.7 Å². The molecule has 2 bridgehead atoms. The maximum atomic E-state index is 15.1. The quantitative estimate of drug-likeness (QED) is 0.319. The van der Waals surface area contributed by atoms with E-state index in [-0.39, 0.29) is 48.0 Å². The van der Waals surface area contributed by atoms with Crippen molar-refractivity contribution in [3.05, 3.63) is 90.5 Å². The fourth-order valence-corrected chi connectivity index (χ4v) is 10.4. The third-order valence-electron chi connectivity index (χ3n) is 10.1. The van der Waals surface area contributed by atoms with E-state index in [4.69, 9.17) is 0 Å². The second-order valence-corrected chi connectivity index (χ2v) is 14.9. The molecule has 2 aromatic rings. The fourth-order valence-electron chi connectivity index (χ4n) is 8.00. The number of thioether (sulfide) groups is 1. The number of benzene rings is 2. The number of amides is 3. The van der Waals surface area contributed by atoms with Crippen molar-refractivity contribution in [1.82, 2.24) is 9.80 Å². The molecule has 3 amide bonds. The van der Waals surface area contributed by atoms with Crippen LogP contribution in [0.1, 0.15) is 43.9 Å². The minimum Gasteiger partial charge on any atom is -0.394 e. The Bertz CT molecular complexity index is 1460. The molecule has 240 valence electrons. The average Bonchev–Trinajstić information content (AvgIpc) is 3.61. The summed E-state index contributed by atoms with van der Waals surface area (Å²) in [4.78, 5) is 49.7. The summed E-state index contributed by atoms with van der Waals surface area (Å²) in [6.45, 7) is 18.7. The number of fused-ring (bicyclic) bond motifs is 1. The lowest BCUT2D eigenvalue weighted by Gasteiger charge is -2.43. The first-order valence-electron chi connectivity index (χ1n) is 16.1. The molecule has 3 heterocycles. The van der Waals surface area contributed by atoms with Crippen LogP contribution >= 0.6 is 11.8 Å². The number of aliphatic hydroxyl groups excluding tert-OH is 1. The van der Waals surface area contributed by atoms with E-state index in [0.29, 0.717) is 13.1 Å². The van der Waals surface area contributed by atoms with Gasteiger partial charge in [-0.05, 0) is 54.9 Å². The molecule has 1 N–H and O–H groups in total. The number of carbonyl (C=O) groups excluding carboxylic acids is 3. The number of aliphatic hydroxyl groups is 1. The van der Waals surface area contributed by atoms with Crippen LogP contribution in [-0.4, -0.2) is 74.4 Å². The molecular formula is C37H47N3O4S. The molecule has 3 fully saturated rings. The van der Waals surface area contributed by atoms with E-state index < -0.39 is 28.7 Å². The van der Waals surface area contributed by atoms with Gasteiger partial charge in [0.25, 0.3) is 5.91 Å². The Morgan fingerprint density at radius 2 is 1.78 bits per heavy atom. The van der Waals surface area contributed by atoms with Crippen molar-refractivity contribution >= 4 is 35.2 Å². The third kappa shape index (κ3) is 5.54. The molecule has 1 spiro atoms. The van der Waals surface area contributed by atoms with Gasteiger partial charge in [0, 0.05) is 30.6 Å². The van der Waals surface area contributed by atoms with Crippen LogP contribution in [0.4, 0.5) is 5.69 Å². The molecule has 0 saturated carbocycles. The number of nitrogens with zero attached hydrogens (tertiary/aromatic N) is 3. The summed E-state index contributed by atoms with van der Waals surface area (Å²) in [5.41, 5.74) is 3.77. The lowest BCUT2D eigenvalue weighted by atomic mass is 9.65. The third-order valence-corrected chi connectivity index (χ3v) is 12.2. The maximum absolute atomic E-state index is 15.1. The Labute approximate surface area is 272 Å². The van der Waals surface area contributed by atoms with Gasteiger partial charge in [-0.15, -0.1) is 24.9 Å². The molecule has 3 aliphatic heterocycles. The van der Waals surface area contributed by atoms with Crippen LogP contribution in [0.15, 0.2) is 73.8 Å². The lowest BCUT2D eigenvalue weighted by molar-refractivity contribution is -0.146. The Balaban J connectivity index is 1.62. The van der Waals surface area contributed by atoms with Crippen molar-refractivity contribution in [3.63, 3.8) is 0 Å². The predicted molar refractivity (Wildman–Crippen MR) is 182 cm³/mol. The zero-order valence-corrected chi connectivity index (χ0v) is 28.0. The largest absolute Gasteiger partial charge is 0.394 e. The van der Waals surface area contributed by atoms with Crippen molar-refractivity contribution in [2.24, 2.45) is 23.7 Å². The van der Waals surface area contributed by atoms with Crippen LogP contribution in [0, 0.1) is 37.5 Å². The molecular weight excluding hydrogens is 582 g/mol. The van der Waals surface area contributed by atoms with E-state index in [2.05, 4.69) is 20.1 Å². The lowest BCUT2D eigenvalue weighted by Crippen LogP contribution is -2.60. The van der Waals surface area contributed by atoms with Crippen molar-refractivity contribution in [2.45, 2.75) is 69.7 Å². The molecule has 3 aliphatic rings. The molecule has 7 atom stereocenters. The summed E-state index contributed by atoms with van der Waals surface area (Å²) in [6.07, 6.45) is 4.19. The number of likely N-dealkylation sites (tertiary alicyclic amines) is 1. The van der Waals surface area contributed by atoms with Crippen LogP contribution in [0.25, 0.3) is 0 Å². The second kappa shape index (κ2) is 13.2. The Morgan fingerprint density at radius 3 is 2.40 bits per heavy atom. The summed E-state index contributed by atoms with van der Waals surface area (Å²) in [7, 11) is 0. The average molecular weight is 630 g/mol. The van der Waals surface area contributed by atoms with Gasteiger partial charge < -0.3 is 19.8 Å². The number of hydrogen-bond acceptors (Lipinski definition) is 5. The second-order valence-electron chi connectivity index (χ2n) is 13.3. The Hall–Kier alpha value is -3.36. The van der Waals surface area contributed by atoms with Crippen LogP contribution in [-0.2, 0) is 20.9 Å². The van der Waals surface area contributed by atoms with Gasteiger partial charge in [0.15, 0.2) is 0 Å². The van der Waals surface area contributed by atoms with E-state index in [1.807, 2.05) is 76.2 Å². The maximum Gasteiger partial charge on any atom is 0.251 e. The van der Waals surface area contributed by atoms with E-state index in [0.717, 1.165) is 28.8 Å². The number of hydrogen-bond donors (Lipinski definition) is 1. The van der Waals surface area contributed by atoms with Crippen molar-refractivity contribution in [2.75, 3.05) is 24.6 Å². The van der Waals surface area contributed by atoms with Crippen LogP contribution < -0.4 is 4.90 Å². The van der Waals surface area contributed by atoms with Gasteiger partial charge in [-0.3, -0.25) is 14.4 Å². The van der Waals surface area contributed by atoms with Gasteiger partial charge in [-0.25, -0.2) is 0 Å². The summed E-state index contributed by atoms with van der Waals surface area (Å²) in [6, 6.07) is 14.5. The summed E-state index contributed by atoms with van der Waals surface area (Å²) < 4.78 is -0.800. The molecule has 5 rings (SSSR count). The number of rotatable bonds is 12. The van der Waals surface area contributed by atoms with Gasteiger partial charge in [0.05, 0.1) is 29.2 Å². The van der Waals surface area contributed by atoms with Gasteiger partial charge in [0.1, 0.15) is 6.04 Å². The molecule has 45 heavy (non-hydrogen) atoms. The SMILES string of the molecule is C=CCN(Cc1ccccc1)C(=O)[C@@H]1[C@H]2C(=O)N([C@@H](CO)C(C)C)C(C(=O)N(CC=C)c3cc(C)ccc3C)C23S[C@@H]1CC3C. The zero-order chi connectivity index (χ0) is 32.6. The molecule has 0 aliphatic carbocycles. The van der Waals surface area contributed by atoms with Gasteiger partial charge in [-0.1, -0.05) is 75.4 Å². The highest BCUT2D eigenvalue weighted by Crippen LogP contribution is 2.69. The van der Waals surface area contributed by atoms with Crippen molar-refractivity contribution in [3.8, 4) is 0 Å². The molecule has 2 aromatic carbocycles. The molecule has 8 heteroatoms. The number of carbonyl (C=O) groups is 3. The van der Waals surface area contributed by atoms with Crippen LogP contribution in [0.5, 0.6) is 0 Å². The molecule has 7 nitrogen and oxygen atoms in total. The predicted octanol–water partition coefficient (Wildman–Crippen LogP) is 5.39. The Morgan fingerprint density at radius 1 is 1.09 bits per heavy atom. The van der Waals surface area contributed by atoms with E-state index >= 15 is 4.79 Å². The normalized spacial score (nSPS) is 27.4. The van der Waals surface area contributed by atoms with Gasteiger partial charge in [-0.2, -0.15) is 0 Å². The van der Waals surface area contributed by atoms with E-state index in [1.165, 1.54) is 0 Å². The van der Waals surface area contributed by atoms with Crippen molar-refractivity contribution < 1.29 is 19.5 Å². The Kier molecular flexibility index (Phi) is 9.66. The van der Waals surface area contributed by atoms with Gasteiger partial charge >= 0.3 is 0 Å². The smallest absolute Gasteiger partial charge is 0.251 e. The van der Waals surface area contributed by atoms with Crippen LogP contribution in [0.2, 0.25) is 0 Å². The molecule has 3 unspecified atom stereocenters. The molecule has 3 saturated heterocycles. The topological polar surface area (TPSA) is 81.2 Å². The summed E-state index contributed by atoms with van der Waals surface area (Å²) >= 11 is 1.67. The van der Waals surface area contributed by atoms with Gasteiger partial charge in [0.2, 0.25) is 11.8 Å². The fraction of sp³-hybridized carbons (Fsp3) is 0.486. The number of anilines is 1. The highest BCUT2D eigenvalue weighted by Gasteiger charge is 2.77. The first-order valence-corrected chi connectivity index (χ1v) is 16.9. The molecule has 0 radical (unpaired) electrons. The van der Waals surface area contributed by atoms with Crippen LogP contribution in [0.3, 0.4) is 0 Å². The standard InChI is InChI=1S/C37H47N3O4S/c1-8-17-38(21-27-13-11-10-12-14-27)34(42)31-30-20-26(7)37(45-30)32(31)35(43)40(29(22-41)23(3)4)33(37)36(44)39(18-9-2)28-19-24(5)15-16-25(28)6/h8-16,19,23,26,29-33,41H,1-2,17-18,20-22H2,3-7H3/t26?,29-,30+,31-,32-,33?,37?/m0/s1. The van der Waals surface area contributed by atoms with Crippen molar-refractivity contribution in [1.29, 1.82) is 0 Å².